The van der Waals surface area contributed by atoms with Crippen LogP contribution in [0.3, 0.4) is 0 Å². The molecule has 1 aliphatic rings. The van der Waals surface area contributed by atoms with Crippen molar-refractivity contribution in [3.05, 3.63) is 46.3 Å². The van der Waals surface area contributed by atoms with Crippen LogP contribution in [0.2, 0.25) is 0 Å². The second-order valence-corrected chi connectivity index (χ2v) is 7.76. The lowest BCUT2D eigenvalue weighted by Crippen LogP contribution is -2.27. The van der Waals surface area contributed by atoms with E-state index in [1.165, 1.54) is 16.4 Å². The number of rotatable bonds is 6. The minimum Gasteiger partial charge on any atom is -0.378 e. The molecule has 3 rings (SSSR count). The minimum atomic E-state index is -3.46. The Morgan fingerprint density at radius 3 is 2.46 bits per heavy atom. The third kappa shape index (κ3) is 3.58. The summed E-state index contributed by atoms with van der Waals surface area (Å²) < 4.78 is 26.5. The van der Waals surface area contributed by atoms with Crippen molar-refractivity contribution in [2.75, 3.05) is 24.1 Å². The Hall–Kier alpha value is -2.79. The molecule has 0 aliphatic carbocycles. The largest absolute Gasteiger partial charge is 0.378 e. The Labute approximate surface area is 150 Å². The molecule has 10 nitrogen and oxygen atoms in total. The first-order valence-electron chi connectivity index (χ1n) is 7.97. The van der Waals surface area contributed by atoms with Gasteiger partial charge in [-0.3, -0.25) is 10.1 Å². The number of sulfonamides is 1. The fraction of sp³-hybridized carbons (Fsp3) is 0.333. The van der Waals surface area contributed by atoms with Crippen molar-refractivity contribution < 1.29 is 13.3 Å². The standard InChI is InChI=1S/C15H18N6O4S/c16-14-13(21(22)23)15(19-10-18-14)17-9-11-3-5-12(6-4-11)26(24,25)20-7-1-2-8-20/h3-6,10H,1-2,7-9H2,(H3,16,17,18,19). The van der Waals surface area contributed by atoms with E-state index in [4.69, 9.17) is 5.73 Å². The highest BCUT2D eigenvalue weighted by molar-refractivity contribution is 7.89. The first-order valence-corrected chi connectivity index (χ1v) is 9.41. The zero-order valence-electron chi connectivity index (χ0n) is 13.8. The first kappa shape index (κ1) is 18.0. The maximum absolute atomic E-state index is 12.5. The van der Waals surface area contributed by atoms with Crippen LogP contribution >= 0.6 is 0 Å². The molecule has 0 atom stereocenters. The summed E-state index contributed by atoms with van der Waals surface area (Å²) in [7, 11) is -3.46. The molecule has 2 aromatic rings. The molecule has 26 heavy (non-hydrogen) atoms. The lowest BCUT2D eigenvalue weighted by atomic mass is 10.2. The molecule has 138 valence electrons. The number of nitrogens with two attached hydrogens (primary N) is 1. The Bertz CT molecular complexity index is 910. The molecule has 1 saturated heterocycles. The summed E-state index contributed by atoms with van der Waals surface area (Å²) in [6.07, 6.45) is 2.89. The molecular weight excluding hydrogens is 360 g/mol. The zero-order chi connectivity index (χ0) is 18.7. The summed E-state index contributed by atoms with van der Waals surface area (Å²) in [4.78, 5) is 18.1. The lowest BCUT2D eigenvalue weighted by Gasteiger charge is -2.15. The highest BCUT2D eigenvalue weighted by Gasteiger charge is 2.27. The predicted octanol–water partition coefficient (Wildman–Crippen LogP) is 1.36. The molecule has 1 fully saturated rings. The van der Waals surface area contributed by atoms with Gasteiger partial charge >= 0.3 is 5.69 Å². The van der Waals surface area contributed by atoms with E-state index in [0.717, 1.165) is 24.7 Å². The molecule has 3 N–H and O–H groups in total. The fourth-order valence-electron chi connectivity index (χ4n) is 2.74. The number of nitro groups is 1. The average molecular weight is 378 g/mol. The smallest absolute Gasteiger partial charge is 0.352 e. The summed E-state index contributed by atoms with van der Waals surface area (Å²) in [6, 6.07) is 6.39. The second-order valence-electron chi connectivity index (χ2n) is 5.82. The third-order valence-corrected chi connectivity index (χ3v) is 6.03. The summed E-state index contributed by atoms with van der Waals surface area (Å²) in [5.74, 6) is -0.212. The van der Waals surface area contributed by atoms with E-state index in [-0.39, 0.29) is 28.8 Å². The van der Waals surface area contributed by atoms with Crippen LogP contribution in [-0.2, 0) is 16.6 Å². The van der Waals surface area contributed by atoms with Crippen LogP contribution in [0, 0.1) is 10.1 Å². The lowest BCUT2D eigenvalue weighted by molar-refractivity contribution is -0.383. The van der Waals surface area contributed by atoms with Crippen LogP contribution in [-0.4, -0.2) is 40.7 Å². The maximum atomic E-state index is 12.5. The quantitative estimate of drug-likeness (QED) is 0.566. The van der Waals surface area contributed by atoms with Gasteiger partial charge in [0.25, 0.3) is 0 Å². The van der Waals surface area contributed by atoms with Crippen LogP contribution in [0.1, 0.15) is 18.4 Å². The number of nitrogen functional groups attached to an aromatic ring is 1. The molecule has 1 aromatic heterocycles. The fourth-order valence-corrected chi connectivity index (χ4v) is 4.26. The molecule has 0 radical (unpaired) electrons. The van der Waals surface area contributed by atoms with E-state index >= 15 is 0 Å². The van der Waals surface area contributed by atoms with Crippen molar-refractivity contribution in [3.8, 4) is 0 Å². The van der Waals surface area contributed by atoms with Crippen molar-refractivity contribution in [1.29, 1.82) is 0 Å². The van der Waals surface area contributed by atoms with Gasteiger partial charge in [0, 0.05) is 19.6 Å². The van der Waals surface area contributed by atoms with Gasteiger partial charge < -0.3 is 11.1 Å². The number of hydrogen-bond acceptors (Lipinski definition) is 8. The minimum absolute atomic E-state index is 0.0104. The van der Waals surface area contributed by atoms with Gasteiger partial charge in [-0.1, -0.05) is 12.1 Å². The Morgan fingerprint density at radius 2 is 1.85 bits per heavy atom. The Morgan fingerprint density at radius 1 is 1.19 bits per heavy atom. The van der Waals surface area contributed by atoms with Gasteiger partial charge in [-0.25, -0.2) is 18.4 Å². The van der Waals surface area contributed by atoms with E-state index in [0.29, 0.717) is 13.1 Å². The summed E-state index contributed by atoms with van der Waals surface area (Å²) >= 11 is 0. The SMILES string of the molecule is Nc1ncnc(NCc2ccc(S(=O)(=O)N3CCCC3)cc2)c1[N+](=O)[O-]. The van der Waals surface area contributed by atoms with Gasteiger partial charge in [-0.05, 0) is 30.5 Å². The van der Waals surface area contributed by atoms with Crippen molar-refractivity contribution in [1.82, 2.24) is 14.3 Å². The zero-order valence-corrected chi connectivity index (χ0v) is 14.6. The van der Waals surface area contributed by atoms with E-state index in [1.54, 1.807) is 12.1 Å². The van der Waals surface area contributed by atoms with E-state index in [2.05, 4.69) is 15.3 Å². The number of nitrogens with one attached hydrogen (secondary N) is 1. The summed E-state index contributed by atoms with van der Waals surface area (Å²) in [6.45, 7) is 1.32. The number of anilines is 2. The predicted molar refractivity (Wildman–Crippen MR) is 94.9 cm³/mol. The number of nitrogens with zero attached hydrogens (tertiary/aromatic N) is 4. The van der Waals surface area contributed by atoms with Gasteiger partial charge in [0.1, 0.15) is 6.33 Å². The molecule has 0 unspecified atom stereocenters. The molecule has 11 heteroatoms. The molecular formula is C15H18N6O4S. The molecule has 2 heterocycles. The van der Waals surface area contributed by atoms with E-state index in [1.807, 2.05) is 0 Å². The van der Waals surface area contributed by atoms with Crippen LogP contribution in [0.4, 0.5) is 17.3 Å². The third-order valence-electron chi connectivity index (χ3n) is 4.12. The second kappa shape index (κ2) is 7.22. The van der Waals surface area contributed by atoms with Gasteiger partial charge in [0.2, 0.25) is 21.7 Å². The van der Waals surface area contributed by atoms with Crippen LogP contribution < -0.4 is 11.1 Å². The summed E-state index contributed by atoms with van der Waals surface area (Å²) in [5.41, 5.74) is 5.87. The highest BCUT2D eigenvalue weighted by Crippen LogP contribution is 2.27. The number of hydrogen-bond donors (Lipinski definition) is 2. The number of benzene rings is 1. The van der Waals surface area contributed by atoms with Crippen molar-refractivity contribution in [2.24, 2.45) is 0 Å². The summed E-state index contributed by atoms with van der Waals surface area (Å²) in [5, 5.41) is 13.9. The Kier molecular flexibility index (Phi) is 5.00. The van der Waals surface area contributed by atoms with Gasteiger partial charge in [-0.15, -0.1) is 0 Å². The van der Waals surface area contributed by atoms with Crippen molar-refractivity contribution in [2.45, 2.75) is 24.3 Å². The molecule has 1 aromatic carbocycles. The van der Waals surface area contributed by atoms with Crippen LogP contribution in [0.5, 0.6) is 0 Å². The molecule has 1 aliphatic heterocycles. The molecule has 0 saturated carbocycles. The normalized spacial score (nSPS) is 15.1. The van der Waals surface area contributed by atoms with E-state index < -0.39 is 14.9 Å². The van der Waals surface area contributed by atoms with Crippen LogP contribution in [0.25, 0.3) is 0 Å². The average Bonchev–Trinajstić information content (AvgIpc) is 3.15. The Balaban J connectivity index is 1.73. The molecule has 0 amide bonds. The monoisotopic (exact) mass is 378 g/mol. The van der Waals surface area contributed by atoms with E-state index in [9.17, 15) is 18.5 Å². The van der Waals surface area contributed by atoms with Crippen molar-refractivity contribution >= 4 is 27.3 Å². The van der Waals surface area contributed by atoms with Crippen molar-refractivity contribution in [3.63, 3.8) is 0 Å². The number of aromatic nitrogens is 2. The van der Waals surface area contributed by atoms with Gasteiger partial charge in [-0.2, -0.15) is 4.31 Å². The molecule has 0 bridgehead atoms. The first-order chi connectivity index (χ1) is 12.4. The molecule has 0 spiro atoms. The highest BCUT2D eigenvalue weighted by atomic mass is 32.2. The maximum Gasteiger partial charge on any atom is 0.352 e. The van der Waals surface area contributed by atoms with Gasteiger partial charge in [0.15, 0.2) is 0 Å². The van der Waals surface area contributed by atoms with Gasteiger partial charge in [0.05, 0.1) is 9.82 Å². The topological polar surface area (TPSA) is 144 Å². The van der Waals surface area contributed by atoms with Crippen LogP contribution in [0.15, 0.2) is 35.5 Å².